The van der Waals surface area contributed by atoms with E-state index in [-0.39, 0.29) is 23.2 Å². The summed E-state index contributed by atoms with van der Waals surface area (Å²) in [5.74, 6) is -0.577. The smallest absolute Gasteiger partial charge is 0.343 e. The summed E-state index contributed by atoms with van der Waals surface area (Å²) in [6, 6.07) is 0. The van der Waals surface area contributed by atoms with Crippen LogP contribution in [0.5, 0.6) is 0 Å². The van der Waals surface area contributed by atoms with Crippen molar-refractivity contribution < 1.29 is 14.3 Å². The van der Waals surface area contributed by atoms with E-state index in [2.05, 4.69) is 16.5 Å². The third-order valence-corrected chi connectivity index (χ3v) is 4.68. The maximum Gasteiger partial charge on any atom is 0.343 e. The Morgan fingerprint density at radius 3 is 2.81 bits per heavy atom. The SMILES string of the molecule is Cc1nn(CC(C)C)c(Cl)c1C(=O)OCC(=O)NCCC1=CCCCC1. The molecule has 0 atom stereocenters. The highest BCUT2D eigenvalue weighted by atomic mass is 35.5. The zero-order chi connectivity index (χ0) is 19.1. The van der Waals surface area contributed by atoms with E-state index in [0.717, 1.165) is 19.3 Å². The Labute approximate surface area is 159 Å². The number of hydrogen-bond acceptors (Lipinski definition) is 4. The van der Waals surface area contributed by atoms with Crippen molar-refractivity contribution >= 4 is 23.5 Å². The summed E-state index contributed by atoms with van der Waals surface area (Å²) in [4.78, 5) is 24.1. The topological polar surface area (TPSA) is 73.2 Å². The Bertz CT molecular complexity index is 680. The van der Waals surface area contributed by atoms with Crippen LogP contribution in [0, 0.1) is 12.8 Å². The van der Waals surface area contributed by atoms with Crippen molar-refractivity contribution in [3.05, 3.63) is 28.1 Å². The Morgan fingerprint density at radius 2 is 2.15 bits per heavy atom. The quantitative estimate of drug-likeness (QED) is 0.550. The van der Waals surface area contributed by atoms with Crippen LogP contribution >= 0.6 is 11.6 Å². The predicted octanol–water partition coefficient (Wildman–Crippen LogP) is 3.66. The fraction of sp³-hybridized carbons (Fsp3) is 0.632. The molecule has 1 aliphatic rings. The van der Waals surface area contributed by atoms with Crippen LogP contribution in [0.4, 0.5) is 0 Å². The first-order chi connectivity index (χ1) is 12.4. The van der Waals surface area contributed by atoms with Crippen molar-refractivity contribution in [2.75, 3.05) is 13.2 Å². The lowest BCUT2D eigenvalue weighted by Crippen LogP contribution is -2.30. The number of nitrogens with zero attached hydrogens (tertiary/aromatic N) is 2. The standard InChI is InChI=1S/C19H28ClN3O3/c1-13(2)11-23-18(20)17(14(3)22-23)19(25)26-12-16(24)21-10-9-15-7-5-4-6-8-15/h7,13H,4-6,8-12H2,1-3H3,(H,21,24). The van der Waals surface area contributed by atoms with Crippen molar-refractivity contribution in [3.63, 3.8) is 0 Å². The highest BCUT2D eigenvalue weighted by Gasteiger charge is 2.22. The summed E-state index contributed by atoms with van der Waals surface area (Å²) in [5.41, 5.74) is 2.13. The number of rotatable bonds is 8. The Morgan fingerprint density at radius 1 is 1.38 bits per heavy atom. The highest BCUT2D eigenvalue weighted by molar-refractivity contribution is 6.32. The molecular weight excluding hydrogens is 354 g/mol. The second-order valence-corrected chi connectivity index (χ2v) is 7.47. The van der Waals surface area contributed by atoms with Crippen molar-refractivity contribution in [3.8, 4) is 0 Å². The fourth-order valence-electron chi connectivity index (χ4n) is 3.00. The molecule has 0 spiro atoms. The molecule has 1 aromatic rings. The zero-order valence-corrected chi connectivity index (χ0v) is 16.6. The van der Waals surface area contributed by atoms with Crippen LogP contribution < -0.4 is 5.32 Å². The Hall–Kier alpha value is -1.82. The molecule has 1 N–H and O–H groups in total. The molecule has 0 fully saturated rings. The maximum atomic E-state index is 12.3. The number of allylic oxidation sites excluding steroid dienone is 1. The number of hydrogen-bond donors (Lipinski definition) is 1. The number of aryl methyl sites for hydroxylation is 1. The zero-order valence-electron chi connectivity index (χ0n) is 15.8. The van der Waals surface area contributed by atoms with E-state index < -0.39 is 5.97 Å². The van der Waals surface area contributed by atoms with Gasteiger partial charge in [-0.15, -0.1) is 0 Å². The number of carbonyl (C=O) groups is 2. The van der Waals surface area contributed by atoms with Gasteiger partial charge in [-0.25, -0.2) is 4.79 Å². The second-order valence-electron chi connectivity index (χ2n) is 7.11. The molecule has 2 rings (SSSR count). The molecule has 0 aromatic carbocycles. The van der Waals surface area contributed by atoms with Crippen LogP contribution in [0.25, 0.3) is 0 Å². The van der Waals surface area contributed by atoms with Gasteiger partial charge >= 0.3 is 5.97 Å². The second kappa shape index (κ2) is 9.76. The summed E-state index contributed by atoms with van der Waals surface area (Å²) in [6.45, 7) is 6.65. The van der Waals surface area contributed by atoms with E-state index in [1.165, 1.54) is 18.4 Å². The van der Waals surface area contributed by atoms with Gasteiger partial charge in [0.15, 0.2) is 6.61 Å². The van der Waals surface area contributed by atoms with Crippen molar-refractivity contribution in [2.45, 2.75) is 59.4 Å². The van der Waals surface area contributed by atoms with Crippen molar-refractivity contribution in [1.82, 2.24) is 15.1 Å². The molecule has 7 heteroatoms. The monoisotopic (exact) mass is 381 g/mol. The molecule has 1 aliphatic carbocycles. The number of ether oxygens (including phenoxy) is 1. The number of carbonyl (C=O) groups excluding carboxylic acids is 2. The third kappa shape index (κ3) is 5.87. The number of halogens is 1. The molecule has 1 amide bonds. The summed E-state index contributed by atoms with van der Waals surface area (Å²) < 4.78 is 6.70. The first kappa shape index (κ1) is 20.5. The molecular formula is C19H28ClN3O3. The molecule has 0 radical (unpaired) electrons. The van der Waals surface area contributed by atoms with Gasteiger partial charge in [0.25, 0.3) is 5.91 Å². The van der Waals surface area contributed by atoms with Crippen LogP contribution in [0.2, 0.25) is 5.15 Å². The highest BCUT2D eigenvalue weighted by Crippen LogP contribution is 2.22. The van der Waals surface area contributed by atoms with E-state index in [4.69, 9.17) is 16.3 Å². The van der Waals surface area contributed by atoms with E-state index in [1.54, 1.807) is 11.6 Å². The molecule has 1 heterocycles. The van der Waals surface area contributed by atoms with Gasteiger partial charge in [-0.05, 0) is 44.9 Å². The normalized spacial score (nSPS) is 14.3. The van der Waals surface area contributed by atoms with E-state index >= 15 is 0 Å². The van der Waals surface area contributed by atoms with Gasteiger partial charge < -0.3 is 10.1 Å². The van der Waals surface area contributed by atoms with E-state index in [0.29, 0.717) is 24.7 Å². The van der Waals surface area contributed by atoms with Crippen LogP contribution in [0.3, 0.4) is 0 Å². The van der Waals surface area contributed by atoms with Gasteiger partial charge in [0.05, 0.1) is 5.69 Å². The molecule has 6 nitrogen and oxygen atoms in total. The Kier molecular flexibility index (Phi) is 7.69. The summed E-state index contributed by atoms with van der Waals surface area (Å²) in [6.07, 6.45) is 7.83. The number of amides is 1. The predicted molar refractivity (Wildman–Crippen MR) is 101 cm³/mol. The van der Waals surface area contributed by atoms with Gasteiger partial charge in [-0.3, -0.25) is 9.48 Å². The summed E-state index contributed by atoms with van der Waals surface area (Å²) in [5, 5.41) is 7.32. The van der Waals surface area contributed by atoms with Crippen LogP contribution in [0.15, 0.2) is 11.6 Å². The maximum absolute atomic E-state index is 12.3. The van der Waals surface area contributed by atoms with Crippen molar-refractivity contribution in [1.29, 1.82) is 0 Å². The average molecular weight is 382 g/mol. The lowest BCUT2D eigenvalue weighted by molar-refractivity contribution is -0.124. The molecule has 0 saturated heterocycles. The molecule has 1 aromatic heterocycles. The summed E-state index contributed by atoms with van der Waals surface area (Å²) in [7, 11) is 0. The van der Waals surface area contributed by atoms with E-state index in [9.17, 15) is 9.59 Å². The lowest BCUT2D eigenvalue weighted by Gasteiger charge is -2.13. The molecule has 26 heavy (non-hydrogen) atoms. The van der Waals surface area contributed by atoms with Gasteiger partial charge in [0, 0.05) is 13.1 Å². The number of esters is 1. The average Bonchev–Trinajstić information content (AvgIpc) is 2.87. The molecule has 0 bridgehead atoms. The molecule has 0 aliphatic heterocycles. The van der Waals surface area contributed by atoms with Gasteiger partial charge in [0.1, 0.15) is 10.7 Å². The van der Waals surface area contributed by atoms with Gasteiger partial charge in [-0.1, -0.05) is 37.1 Å². The first-order valence-electron chi connectivity index (χ1n) is 9.23. The Balaban J connectivity index is 1.79. The molecule has 0 saturated carbocycles. The van der Waals surface area contributed by atoms with E-state index in [1.807, 2.05) is 13.8 Å². The molecule has 144 valence electrons. The molecule has 0 unspecified atom stereocenters. The first-order valence-corrected chi connectivity index (χ1v) is 9.61. The van der Waals surface area contributed by atoms with Gasteiger partial charge in [-0.2, -0.15) is 5.10 Å². The third-order valence-electron chi connectivity index (χ3n) is 4.30. The lowest BCUT2D eigenvalue weighted by atomic mass is 9.97. The van der Waals surface area contributed by atoms with Crippen LogP contribution in [-0.4, -0.2) is 34.8 Å². The van der Waals surface area contributed by atoms with Crippen molar-refractivity contribution in [2.24, 2.45) is 5.92 Å². The van der Waals surface area contributed by atoms with Crippen LogP contribution in [0.1, 0.15) is 62.0 Å². The number of aromatic nitrogens is 2. The number of nitrogens with one attached hydrogen (secondary N) is 1. The van der Waals surface area contributed by atoms with Crippen LogP contribution in [-0.2, 0) is 16.1 Å². The largest absolute Gasteiger partial charge is 0.452 e. The minimum absolute atomic E-state index is 0.229. The minimum atomic E-state index is -0.618. The minimum Gasteiger partial charge on any atom is -0.452 e. The van der Waals surface area contributed by atoms with Gasteiger partial charge in [0.2, 0.25) is 0 Å². The fourth-order valence-corrected chi connectivity index (χ4v) is 3.32. The summed E-state index contributed by atoms with van der Waals surface area (Å²) >= 11 is 6.25.